The number of ether oxygens (including phenoxy) is 1. The molecule has 2 rings (SSSR count). The summed E-state index contributed by atoms with van der Waals surface area (Å²) in [7, 11) is 3.72. The highest BCUT2D eigenvalue weighted by molar-refractivity contribution is 7.18. The Labute approximate surface area is 129 Å². The number of nitrogens with zero attached hydrogens (tertiary/aromatic N) is 3. The zero-order chi connectivity index (χ0) is 15.4. The van der Waals surface area contributed by atoms with Crippen LogP contribution in [0, 0.1) is 0 Å². The fourth-order valence-electron chi connectivity index (χ4n) is 2.02. The number of amides is 1. The molecule has 118 valence electrons. The van der Waals surface area contributed by atoms with Crippen LogP contribution in [0.1, 0.15) is 16.6 Å². The number of rotatable bonds is 5. The second-order valence-electron chi connectivity index (χ2n) is 5.26. The Morgan fingerprint density at radius 2 is 2.14 bits per heavy atom. The topological polar surface area (TPSA) is 83.7 Å². The maximum Gasteiger partial charge on any atom is 0.265 e. The van der Waals surface area contributed by atoms with Crippen LogP contribution < -0.4 is 16.0 Å². The van der Waals surface area contributed by atoms with Gasteiger partial charge in [0.15, 0.2) is 5.13 Å². The van der Waals surface area contributed by atoms with E-state index in [9.17, 15) is 4.79 Å². The van der Waals surface area contributed by atoms with Gasteiger partial charge in [-0.1, -0.05) is 11.3 Å². The van der Waals surface area contributed by atoms with Crippen molar-refractivity contribution in [1.82, 2.24) is 15.2 Å². The molecule has 0 aliphatic carbocycles. The number of thiazole rings is 1. The van der Waals surface area contributed by atoms with E-state index in [4.69, 9.17) is 10.5 Å². The lowest BCUT2D eigenvalue weighted by Gasteiger charge is -2.31. The Bertz CT molecular complexity index is 485. The zero-order valence-electron chi connectivity index (χ0n) is 12.8. The number of likely N-dealkylation sites (N-methyl/N-ethyl adjacent to an activating group) is 1. The van der Waals surface area contributed by atoms with Crippen molar-refractivity contribution in [2.75, 3.05) is 57.5 Å². The molecule has 1 saturated heterocycles. The number of carbonyl (C=O) groups is 1. The summed E-state index contributed by atoms with van der Waals surface area (Å²) >= 11 is 1.35. The lowest BCUT2D eigenvalue weighted by atomic mass is 10.3. The second kappa shape index (κ2) is 7.06. The van der Waals surface area contributed by atoms with E-state index in [1.165, 1.54) is 11.3 Å². The summed E-state index contributed by atoms with van der Waals surface area (Å²) in [4.78, 5) is 21.4. The first-order valence-electron chi connectivity index (χ1n) is 7.02. The van der Waals surface area contributed by atoms with E-state index in [1.54, 1.807) is 7.11 Å². The number of nitrogens with two attached hydrogens (primary N) is 1. The zero-order valence-corrected chi connectivity index (χ0v) is 13.6. The summed E-state index contributed by atoms with van der Waals surface area (Å²) in [6, 6.07) is 0. The molecule has 1 aliphatic rings. The monoisotopic (exact) mass is 313 g/mol. The van der Waals surface area contributed by atoms with Gasteiger partial charge in [0.05, 0.1) is 6.10 Å². The number of piperazine rings is 1. The van der Waals surface area contributed by atoms with Crippen molar-refractivity contribution in [2.24, 2.45) is 0 Å². The molecule has 8 heteroatoms. The lowest BCUT2D eigenvalue weighted by Crippen LogP contribution is -2.44. The number of hydrogen-bond donors (Lipinski definition) is 2. The van der Waals surface area contributed by atoms with Crippen LogP contribution >= 0.6 is 11.3 Å². The van der Waals surface area contributed by atoms with Gasteiger partial charge in [0.25, 0.3) is 5.91 Å². The first kappa shape index (κ1) is 16.0. The molecular formula is C13H23N5O2S. The molecule has 0 aromatic carbocycles. The fraction of sp³-hybridized carbons (Fsp3) is 0.692. The Balaban J connectivity index is 2.00. The van der Waals surface area contributed by atoms with E-state index in [-0.39, 0.29) is 12.0 Å². The minimum Gasteiger partial charge on any atom is -0.382 e. The van der Waals surface area contributed by atoms with Crippen molar-refractivity contribution in [1.29, 1.82) is 0 Å². The minimum absolute atomic E-state index is 0.0276. The van der Waals surface area contributed by atoms with Crippen molar-refractivity contribution >= 4 is 28.2 Å². The standard InChI is InChI=1S/C13H23N5O2S/c1-9(20-3)8-15-12(19)10-11(14)16-13(21-10)18-6-4-17(2)5-7-18/h9H,4-8,14H2,1-3H3,(H,15,19). The van der Waals surface area contributed by atoms with Crippen molar-refractivity contribution in [2.45, 2.75) is 13.0 Å². The molecule has 1 aliphatic heterocycles. The van der Waals surface area contributed by atoms with E-state index in [1.807, 2.05) is 6.92 Å². The highest BCUT2D eigenvalue weighted by atomic mass is 32.1. The first-order chi connectivity index (χ1) is 10.0. The van der Waals surface area contributed by atoms with Crippen molar-refractivity contribution < 1.29 is 9.53 Å². The summed E-state index contributed by atoms with van der Waals surface area (Å²) < 4.78 is 5.11. The number of nitrogens with one attached hydrogen (secondary N) is 1. The maximum absolute atomic E-state index is 12.1. The predicted molar refractivity (Wildman–Crippen MR) is 85.0 cm³/mol. The first-order valence-corrected chi connectivity index (χ1v) is 7.83. The molecular weight excluding hydrogens is 290 g/mol. The van der Waals surface area contributed by atoms with Crippen LogP contribution in [-0.2, 0) is 4.74 Å². The largest absolute Gasteiger partial charge is 0.382 e. The lowest BCUT2D eigenvalue weighted by molar-refractivity contribution is 0.0874. The van der Waals surface area contributed by atoms with Crippen LogP contribution in [0.5, 0.6) is 0 Å². The highest BCUT2D eigenvalue weighted by Gasteiger charge is 2.22. The number of anilines is 2. The number of carbonyl (C=O) groups excluding carboxylic acids is 1. The molecule has 7 nitrogen and oxygen atoms in total. The molecule has 0 spiro atoms. The van der Waals surface area contributed by atoms with E-state index >= 15 is 0 Å². The van der Waals surface area contributed by atoms with Crippen molar-refractivity contribution in [3.8, 4) is 0 Å². The van der Waals surface area contributed by atoms with E-state index < -0.39 is 0 Å². The average Bonchev–Trinajstić information content (AvgIpc) is 2.87. The Morgan fingerprint density at radius 3 is 2.76 bits per heavy atom. The van der Waals surface area contributed by atoms with Gasteiger partial charge in [-0.3, -0.25) is 4.79 Å². The summed E-state index contributed by atoms with van der Waals surface area (Å²) in [5.41, 5.74) is 5.89. The SMILES string of the molecule is COC(C)CNC(=O)c1sc(N2CCN(C)CC2)nc1N. The molecule has 1 amide bonds. The van der Waals surface area contributed by atoms with Gasteiger partial charge in [-0.2, -0.15) is 0 Å². The summed E-state index contributed by atoms with van der Waals surface area (Å²) in [6.45, 7) is 6.15. The van der Waals surface area contributed by atoms with Gasteiger partial charge in [0.1, 0.15) is 10.7 Å². The number of methoxy groups -OCH3 is 1. The molecule has 0 bridgehead atoms. The molecule has 1 aromatic heterocycles. The maximum atomic E-state index is 12.1. The third kappa shape index (κ3) is 4.05. The van der Waals surface area contributed by atoms with Gasteiger partial charge in [0, 0.05) is 39.8 Å². The summed E-state index contributed by atoms with van der Waals surface area (Å²) in [6.07, 6.45) is -0.0276. The number of nitrogen functional groups attached to an aromatic ring is 1. The van der Waals surface area contributed by atoms with Gasteiger partial charge < -0.3 is 25.6 Å². The normalized spacial score (nSPS) is 17.8. The van der Waals surface area contributed by atoms with E-state index in [2.05, 4.69) is 27.1 Å². The molecule has 1 aromatic rings. The predicted octanol–water partition coefficient (Wildman–Crippen LogP) is 0.242. The Morgan fingerprint density at radius 1 is 1.48 bits per heavy atom. The molecule has 21 heavy (non-hydrogen) atoms. The van der Waals surface area contributed by atoms with Crippen LogP contribution in [0.25, 0.3) is 0 Å². The van der Waals surface area contributed by atoms with Gasteiger partial charge >= 0.3 is 0 Å². The molecule has 1 unspecified atom stereocenters. The molecule has 2 heterocycles. The van der Waals surface area contributed by atoms with Gasteiger partial charge in [0.2, 0.25) is 0 Å². The minimum atomic E-state index is -0.186. The number of hydrogen-bond acceptors (Lipinski definition) is 7. The van der Waals surface area contributed by atoms with Crippen LogP contribution in [0.15, 0.2) is 0 Å². The smallest absolute Gasteiger partial charge is 0.265 e. The van der Waals surface area contributed by atoms with Gasteiger partial charge in [-0.05, 0) is 14.0 Å². The van der Waals surface area contributed by atoms with Gasteiger partial charge in [-0.25, -0.2) is 4.98 Å². The van der Waals surface area contributed by atoms with Crippen molar-refractivity contribution in [3.05, 3.63) is 4.88 Å². The van der Waals surface area contributed by atoms with Crippen LogP contribution in [0.3, 0.4) is 0 Å². The van der Waals surface area contributed by atoms with Crippen LogP contribution in [0.4, 0.5) is 10.9 Å². The average molecular weight is 313 g/mol. The molecule has 0 radical (unpaired) electrons. The third-order valence-electron chi connectivity index (χ3n) is 3.57. The quantitative estimate of drug-likeness (QED) is 0.810. The Kier molecular flexibility index (Phi) is 5.38. The van der Waals surface area contributed by atoms with E-state index in [0.29, 0.717) is 17.2 Å². The Hall–Kier alpha value is -1.38. The molecule has 1 fully saturated rings. The number of aromatic nitrogens is 1. The fourth-order valence-corrected chi connectivity index (χ4v) is 2.97. The highest BCUT2D eigenvalue weighted by Crippen LogP contribution is 2.28. The molecule has 0 saturated carbocycles. The summed E-state index contributed by atoms with van der Waals surface area (Å²) in [5, 5.41) is 3.64. The van der Waals surface area contributed by atoms with Crippen LogP contribution in [0.2, 0.25) is 0 Å². The second-order valence-corrected chi connectivity index (χ2v) is 6.23. The van der Waals surface area contributed by atoms with Gasteiger partial charge in [-0.15, -0.1) is 0 Å². The molecule has 3 N–H and O–H groups in total. The molecule has 1 atom stereocenters. The third-order valence-corrected chi connectivity index (χ3v) is 4.71. The van der Waals surface area contributed by atoms with Crippen molar-refractivity contribution in [3.63, 3.8) is 0 Å². The van der Waals surface area contributed by atoms with Crippen LogP contribution in [-0.4, -0.2) is 68.8 Å². The summed E-state index contributed by atoms with van der Waals surface area (Å²) in [5.74, 6) is 0.116. The van der Waals surface area contributed by atoms with E-state index in [0.717, 1.165) is 31.3 Å².